The molecule has 1 aliphatic rings. The lowest BCUT2D eigenvalue weighted by Crippen LogP contribution is -2.46. The Kier molecular flexibility index (Phi) is 3.45. The zero-order valence-electron chi connectivity index (χ0n) is 11.1. The van der Waals surface area contributed by atoms with Crippen molar-refractivity contribution >= 4 is 6.09 Å². The standard InChI is InChI=1S/C14H19NO3/c1-14(2)8-9-15(13(16)18-14)10-11-4-6-12(17-3)7-5-11/h4-7H,8-10H2,1-3H3. The third-order valence-electron chi connectivity index (χ3n) is 3.14. The molecule has 4 heteroatoms. The SMILES string of the molecule is COc1ccc(CN2CCC(C)(C)OC2=O)cc1. The molecule has 1 aromatic carbocycles. The highest BCUT2D eigenvalue weighted by Crippen LogP contribution is 2.23. The second-order valence-electron chi connectivity index (χ2n) is 5.15. The molecule has 0 radical (unpaired) electrons. The maximum absolute atomic E-state index is 11.8. The van der Waals surface area contributed by atoms with Crippen LogP contribution in [0.15, 0.2) is 24.3 Å². The van der Waals surface area contributed by atoms with Crippen molar-refractivity contribution in [3.8, 4) is 5.75 Å². The van der Waals surface area contributed by atoms with Crippen LogP contribution in [0.25, 0.3) is 0 Å². The van der Waals surface area contributed by atoms with Gasteiger partial charge in [0.2, 0.25) is 0 Å². The molecule has 1 aliphatic heterocycles. The summed E-state index contributed by atoms with van der Waals surface area (Å²) in [7, 11) is 1.64. The molecule has 1 saturated heterocycles. The minimum atomic E-state index is -0.340. The number of nitrogens with zero attached hydrogens (tertiary/aromatic N) is 1. The molecule has 0 unspecified atom stereocenters. The normalized spacial score (nSPS) is 18.4. The molecule has 1 heterocycles. The molecule has 0 spiro atoms. The molecular formula is C14H19NO3. The summed E-state index contributed by atoms with van der Waals surface area (Å²) in [4.78, 5) is 13.5. The summed E-state index contributed by atoms with van der Waals surface area (Å²) in [6.07, 6.45) is 0.622. The van der Waals surface area contributed by atoms with Gasteiger partial charge >= 0.3 is 6.09 Å². The summed E-state index contributed by atoms with van der Waals surface area (Å²) in [6, 6.07) is 7.72. The molecule has 98 valence electrons. The quantitative estimate of drug-likeness (QED) is 0.826. The van der Waals surface area contributed by atoms with Gasteiger partial charge in [-0.25, -0.2) is 4.79 Å². The van der Waals surface area contributed by atoms with Crippen LogP contribution in [0, 0.1) is 0 Å². The number of rotatable bonds is 3. The second-order valence-corrected chi connectivity index (χ2v) is 5.15. The van der Waals surface area contributed by atoms with Crippen molar-refractivity contribution in [2.45, 2.75) is 32.4 Å². The number of benzene rings is 1. The van der Waals surface area contributed by atoms with Gasteiger partial charge in [-0.2, -0.15) is 0 Å². The minimum Gasteiger partial charge on any atom is -0.497 e. The van der Waals surface area contributed by atoms with Crippen LogP contribution in [-0.4, -0.2) is 30.2 Å². The largest absolute Gasteiger partial charge is 0.497 e. The number of hydrogen-bond acceptors (Lipinski definition) is 3. The first-order chi connectivity index (χ1) is 8.50. The second kappa shape index (κ2) is 4.88. The van der Waals surface area contributed by atoms with Crippen LogP contribution in [0.1, 0.15) is 25.8 Å². The summed E-state index contributed by atoms with van der Waals surface area (Å²) in [6.45, 7) is 5.20. The third kappa shape index (κ3) is 2.94. The highest BCUT2D eigenvalue weighted by Gasteiger charge is 2.32. The molecule has 0 N–H and O–H groups in total. The van der Waals surface area contributed by atoms with Gasteiger partial charge < -0.3 is 14.4 Å². The fourth-order valence-electron chi connectivity index (χ4n) is 1.94. The van der Waals surface area contributed by atoms with Crippen LogP contribution in [0.5, 0.6) is 5.75 Å². The van der Waals surface area contributed by atoms with Crippen molar-refractivity contribution in [1.29, 1.82) is 0 Å². The molecule has 0 saturated carbocycles. The number of methoxy groups -OCH3 is 1. The van der Waals surface area contributed by atoms with Crippen molar-refractivity contribution in [3.05, 3.63) is 29.8 Å². The number of amides is 1. The fourth-order valence-corrected chi connectivity index (χ4v) is 1.94. The lowest BCUT2D eigenvalue weighted by Gasteiger charge is -2.36. The Balaban J connectivity index is 1.99. The van der Waals surface area contributed by atoms with Crippen molar-refractivity contribution in [2.75, 3.05) is 13.7 Å². The maximum Gasteiger partial charge on any atom is 0.410 e. The van der Waals surface area contributed by atoms with Crippen molar-refractivity contribution in [3.63, 3.8) is 0 Å². The van der Waals surface area contributed by atoms with Crippen molar-refractivity contribution in [1.82, 2.24) is 4.90 Å². The van der Waals surface area contributed by atoms with E-state index in [1.807, 2.05) is 38.1 Å². The Morgan fingerprint density at radius 1 is 1.33 bits per heavy atom. The van der Waals surface area contributed by atoms with E-state index < -0.39 is 0 Å². The maximum atomic E-state index is 11.8. The summed E-state index contributed by atoms with van der Waals surface area (Å²) >= 11 is 0. The Bertz CT molecular complexity index is 425. The van der Waals surface area contributed by atoms with Crippen molar-refractivity contribution < 1.29 is 14.3 Å². The van der Waals surface area contributed by atoms with E-state index in [1.165, 1.54) is 0 Å². The Labute approximate surface area is 107 Å². The van der Waals surface area contributed by atoms with Gasteiger partial charge in [-0.05, 0) is 31.5 Å². The Morgan fingerprint density at radius 3 is 2.56 bits per heavy atom. The van der Waals surface area contributed by atoms with E-state index in [9.17, 15) is 4.79 Å². The number of carbonyl (C=O) groups excluding carboxylic acids is 1. The lowest BCUT2D eigenvalue weighted by molar-refractivity contribution is -0.0274. The van der Waals surface area contributed by atoms with Gasteiger partial charge in [-0.15, -0.1) is 0 Å². The monoisotopic (exact) mass is 249 g/mol. The summed E-state index contributed by atoms with van der Waals surface area (Å²) in [5.74, 6) is 0.820. The molecular weight excluding hydrogens is 230 g/mol. The smallest absolute Gasteiger partial charge is 0.410 e. The van der Waals surface area contributed by atoms with Gasteiger partial charge in [-0.1, -0.05) is 12.1 Å². The topological polar surface area (TPSA) is 38.8 Å². The van der Waals surface area contributed by atoms with E-state index in [2.05, 4.69) is 0 Å². The van der Waals surface area contributed by atoms with E-state index >= 15 is 0 Å². The fraction of sp³-hybridized carbons (Fsp3) is 0.500. The predicted octanol–water partition coefficient (Wildman–Crippen LogP) is 2.82. The predicted molar refractivity (Wildman–Crippen MR) is 68.6 cm³/mol. The van der Waals surface area contributed by atoms with Gasteiger partial charge in [0.25, 0.3) is 0 Å². The van der Waals surface area contributed by atoms with Gasteiger partial charge in [0, 0.05) is 19.5 Å². The molecule has 2 rings (SSSR count). The molecule has 18 heavy (non-hydrogen) atoms. The molecule has 1 aromatic rings. The van der Waals surface area contributed by atoms with Crippen LogP contribution in [-0.2, 0) is 11.3 Å². The third-order valence-corrected chi connectivity index (χ3v) is 3.14. The highest BCUT2D eigenvalue weighted by molar-refractivity contribution is 5.69. The lowest BCUT2D eigenvalue weighted by atomic mass is 10.0. The van der Waals surface area contributed by atoms with Crippen molar-refractivity contribution in [2.24, 2.45) is 0 Å². The molecule has 0 bridgehead atoms. The van der Waals surface area contributed by atoms with Crippen LogP contribution in [0.2, 0.25) is 0 Å². The summed E-state index contributed by atoms with van der Waals surface area (Å²) < 4.78 is 10.5. The van der Waals surface area contributed by atoms with Crippen LogP contribution in [0.4, 0.5) is 4.79 Å². The van der Waals surface area contributed by atoms with E-state index in [-0.39, 0.29) is 11.7 Å². The molecule has 0 aliphatic carbocycles. The highest BCUT2D eigenvalue weighted by atomic mass is 16.6. The molecule has 1 fully saturated rings. The average molecular weight is 249 g/mol. The number of cyclic esters (lactones) is 1. The average Bonchev–Trinajstić information content (AvgIpc) is 2.33. The van der Waals surface area contributed by atoms with Gasteiger partial charge in [-0.3, -0.25) is 0 Å². The first-order valence-corrected chi connectivity index (χ1v) is 6.11. The molecule has 0 atom stereocenters. The first kappa shape index (κ1) is 12.7. The first-order valence-electron chi connectivity index (χ1n) is 6.11. The Hall–Kier alpha value is -1.71. The van der Waals surface area contributed by atoms with E-state index in [0.29, 0.717) is 6.54 Å². The van der Waals surface area contributed by atoms with E-state index in [0.717, 1.165) is 24.3 Å². The molecule has 1 amide bonds. The van der Waals surface area contributed by atoms with Gasteiger partial charge in [0.1, 0.15) is 11.4 Å². The summed E-state index contributed by atoms with van der Waals surface area (Å²) in [5.41, 5.74) is 0.737. The molecule has 0 aromatic heterocycles. The number of carbonyl (C=O) groups is 1. The zero-order chi connectivity index (χ0) is 13.2. The zero-order valence-corrected chi connectivity index (χ0v) is 11.1. The van der Waals surface area contributed by atoms with Gasteiger partial charge in [0.05, 0.1) is 7.11 Å². The number of ether oxygens (including phenoxy) is 2. The van der Waals surface area contributed by atoms with Gasteiger partial charge in [0.15, 0.2) is 0 Å². The van der Waals surface area contributed by atoms with Crippen LogP contribution >= 0.6 is 0 Å². The summed E-state index contributed by atoms with van der Waals surface area (Å²) in [5, 5.41) is 0. The number of hydrogen-bond donors (Lipinski definition) is 0. The minimum absolute atomic E-state index is 0.234. The van der Waals surface area contributed by atoms with Crippen LogP contribution < -0.4 is 4.74 Å². The van der Waals surface area contributed by atoms with E-state index in [1.54, 1.807) is 12.0 Å². The van der Waals surface area contributed by atoms with E-state index in [4.69, 9.17) is 9.47 Å². The Morgan fingerprint density at radius 2 is 2.00 bits per heavy atom. The van der Waals surface area contributed by atoms with Crippen LogP contribution in [0.3, 0.4) is 0 Å². The molecule has 4 nitrogen and oxygen atoms in total.